The SMILES string of the molecule is CC#COc1nc(OC#CC)nc(OC#CC)n1. The van der Waals surface area contributed by atoms with Gasteiger partial charge in [0.25, 0.3) is 0 Å². The Bertz CT molecular complexity index is 496. The molecule has 0 bridgehead atoms. The Morgan fingerprint density at radius 2 is 0.889 bits per heavy atom. The first-order valence-corrected chi connectivity index (χ1v) is 4.82. The molecule has 90 valence electrons. The molecule has 1 heterocycles. The maximum absolute atomic E-state index is 4.92. The fourth-order valence-corrected chi connectivity index (χ4v) is 0.747. The molecular weight excluding hydrogens is 234 g/mol. The largest absolute Gasteiger partial charge is 0.370 e. The third kappa shape index (κ3) is 4.30. The Labute approximate surface area is 105 Å². The molecule has 18 heavy (non-hydrogen) atoms. The van der Waals surface area contributed by atoms with Crippen LogP contribution in [0.15, 0.2) is 0 Å². The van der Waals surface area contributed by atoms with Crippen LogP contribution in [0.4, 0.5) is 0 Å². The van der Waals surface area contributed by atoms with Gasteiger partial charge < -0.3 is 14.2 Å². The zero-order chi connectivity index (χ0) is 13.2. The average molecular weight is 243 g/mol. The maximum Gasteiger partial charge on any atom is 0.340 e. The van der Waals surface area contributed by atoms with Crippen molar-refractivity contribution >= 4 is 0 Å². The van der Waals surface area contributed by atoms with E-state index < -0.39 is 0 Å². The predicted octanol–water partition coefficient (Wildman–Crippen LogP) is 0.950. The summed E-state index contributed by atoms with van der Waals surface area (Å²) in [7, 11) is 0. The first-order chi connectivity index (χ1) is 8.80. The maximum atomic E-state index is 4.92. The minimum absolute atomic E-state index is 0.0554. The van der Waals surface area contributed by atoms with Gasteiger partial charge in [-0.2, -0.15) is 0 Å². The molecule has 1 aromatic rings. The first kappa shape index (κ1) is 13.2. The summed E-state index contributed by atoms with van der Waals surface area (Å²) in [6.07, 6.45) is 7.04. The molecule has 1 rings (SSSR count). The lowest BCUT2D eigenvalue weighted by Gasteiger charge is -2.00. The zero-order valence-electron chi connectivity index (χ0n) is 10.1. The van der Waals surface area contributed by atoms with E-state index >= 15 is 0 Å². The van der Waals surface area contributed by atoms with Crippen molar-refractivity contribution in [3.63, 3.8) is 0 Å². The van der Waals surface area contributed by atoms with Gasteiger partial charge in [-0.05, 0) is 0 Å². The van der Waals surface area contributed by atoms with Crippen molar-refractivity contribution in [3.05, 3.63) is 0 Å². The summed E-state index contributed by atoms with van der Waals surface area (Å²) in [6.45, 7) is 4.84. The number of hydrogen-bond donors (Lipinski definition) is 0. The van der Waals surface area contributed by atoms with E-state index in [-0.39, 0.29) is 18.0 Å². The molecule has 0 saturated heterocycles. The van der Waals surface area contributed by atoms with Crippen LogP contribution in [0.25, 0.3) is 0 Å². The van der Waals surface area contributed by atoms with Crippen LogP contribution in [0, 0.1) is 36.1 Å². The summed E-state index contributed by atoms with van der Waals surface area (Å²) in [5.41, 5.74) is 0. The highest BCUT2D eigenvalue weighted by Crippen LogP contribution is 2.13. The van der Waals surface area contributed by atoms with E-state index in [1.54, 1.807) is 20.8 Å². The molecular formula is C12H9N3O3. The van der Waals surface area contributed by atoms with Crippen molar-refractivity contribution in [2.45, 2.75) is 20.8 Å². The Hall–Kier alpha value is -2.91. The lowest BCUT2D eigenvalue weighted by atomic mass is 10.8. The molecule has 0 fully saturated rings. The molecule has 0 spiro atoms. The second kappa shape index (κ2) is 7.38. The summed E-state index contributed by atoms with van der Waals surface area (Å²) >= 11 is 0. The van der Waals surface area contributed by atoms with Crippen molar-refractivity contribution in [2.75, 3.05) is 0 Å². The highest BCUT2D eigenvalue weighted by atomic mass is 16.5. The number of nitrogens with zero attached hydrogens (tertiary/aromatic N) is 3. The third-order valence-electron chi connectivity index (χ3n) is 1.31. The fraction of sp³-hybridized carbons (Fsp3) is 0.250. The smallest absolute Gasteiger partial charge is 0.340 e. The van der Waals surface area contributed by atoms with Gasteiger partial charge in [-0.15, -0.1) is 15.0 Å². The van der Waals surface area contributed by atoms with Gasteiger partial charge in [0.15, 0.2) is 0 Å². The van der Waals surface area contributed by atoms with Gasteiger partial charge >= 0.3 is 18.0 Å². The molecule has 0 aromatic carbocycles. The van der Waals surface area contributed by atoms with Gasteiger partial charge in [0.1, 0.15) is 18.3 Å². The highest BCUT2D eigenvalue weighted by molar-refractivity contribution is 5.14. The molecule has 0 saturated carbocycles. The molecule has 6 nitrogen and oxygen atoms in total. The summed E-state index contributed by atoms with van der Waals surface area (Å²) < 4.78 is 14.8. The lowest BCUT2D eigenvalue weighted by Crippen LogP contribution is -2.01. The molecule has 0 aliphatic heterocycles. The number of aromatic nitrogens is 3. The fourth-order valence-electron chi connectivity index (χ4n) is 0.747. The van der Waals surface area contributed by atoms with Gasteiger partial charge in [-0.25, -0.2) is 0 Å². The summed E-state index contributed by atoms with van der Waals surface area (Å²) in [6, 6.07) is -0.166. The minimum atomic E-state index is -0.0554. The summed E-state index contributed by atoms with van der Waals surface area (Å²) in [4.78, 5) is 11.4. The van der Waals surface area contributed by atoms with Crippen LogP contribution >= 0.6 is 0 Å². The van der Waals surface area contributed by atoms with Gasteiger partial charge in [-0.3, -0.25) is 0 Å². The minimum Gasteiger partial charge on any atom is -0.370 e. The van der Waals surface area contributed by atoms with E-state index in [0.29, 0.717) is 0 Å². The van der Waals surface area contributed by atoms with Crippen molar-refractivity contribution < 1.29 is 14.2 Å². The summed E-state index contributed by atoms with van der Waals surface area (Å²) in [5.74, 6) is 7.59. The molecule has 0 aliphatic rings. The van der Waals surface area contributed by atoms with Crippen LogP contribution in [-0.2, 0) is 0 Å². The number of rotatable bonds is 3. The van der Waals surface area contributed by atoms with E-state index in [0.717, 1.165) is 0 Å². The molecule has 0 N–H and O–H groups in total. The Morgan fingerprint density at radius 3 is 1.11 bits per heavy atom. The van der Waals surface area contributed by atoms with Crippen LogP contribution in [0.1, 0.15) is 20.8 Å². The van der Waals surface area contributed by atoms with E-state index in [9.17, 15) is 0 Å². The van der Waals surface area contributed by atoms with Gasteiger partial charge in [0.05, 0.1) is 0 Å². The first-order valence-electron chi connectivity index (χ1n) is 4.82. The molecule has 0 aliphatic carbocycles. The normalized spacial score (nSPS) is 7.50. The quantitative estimate of drug-likeness (QED) is 0.736. The van der Waals surface area contributed by atoms with Crippen LogP contribution < -0.4 is 14.2 Å². The van der Waals surface area contributed by atoms with Crippen molar-refractivity contribution in [3.8, 4) is 54.1 Å². The topological polar surface area (TPSA) is 66.4 Å². The van der Waals surface area contributed by atoms with Crippen LogP contribution in [0.5, 0.6) is 18.0 Å². The van der Waals surface area contributed by atoms with Crippen LogP contribution in [0.2, 0.25) is 0 Å². The summed E-state index contributed by atoms with van der Waals surface area (Å²) in [5, 5.41) is 0. The van der Waals surface area contributed by atoms with Crippen molar-refractivity contribution in [1.82, 2.24) is 15.0 Å². The van der Waals surface area contributed by atoms with Crippen LogP contribution in [0.3, 0.4) is 0 Å². The van der Waals surface area contributed by atoms with Gasteiger partial charge in [0.2, 0.25) is 0 Å². The number of hydrogen-bond acceptors (Lipinski definition) is 6. The highest BCUT2D eigenvalue weighted by Gasteiger charge is 2.08. The van der Waals surface area contributed by atoms with Crippen molar-refractivity contribution in [2.24, 2.45) is 0 Å². The van der Waals surface area contributed by atoms with E-state index in [2.05, 4.69) is 51.0 Å². The standard InChI is InChI=1S/C12H9N3O3/c1-4-7-16-10-13-11(17-8-5-2)15-12(14-10)18-9-6-3/h1-3H3. The van der Waals surface area contributed by atoms with Gasteiger partial charge in [-0.1, -0.05) is 17.8 Å². The molecule has 1 aromatic heterocycles. The Balaban J connectivity index is 3.01. The molecule has 0 unspecified atom stereocenters. The zero-order valence-corrected chi connectivity index (χ0v) is 10.1. The Morgan fingerprint density at radius 1 is 0.611 bits per heavy atom. The molecule has 6 heteroatoms. The molecule has 0 radical (unpaired) electrons. The second-order valence-corrected chi connectivity index (χ2v) is 2.55. The van der Waals surface area contributed by atoms with Gasteiger partial charge in [0, 0.05) is 20.8 Å². The number of ether oxygens (including phenoxy) is 3. The average Bonchev–Trinajstić information content (AvgIpc) is 2.40. The van der Waals surface area contributed by atoms with Crippen molar-refractivity contribution in [1.29, 1.82) is 0 Å². The van der Waals surface area contributed by atoms with E-state index in [1.165, 1.54) is 0 Å². The lowest BCUT2D eigenvalue weighted by molar-refractivity contribution is 0.388. The van der Waals surface area contributed by atoms with Crippen LogP contribution in [-0.4, -0.2) is 15.0 Å². The third-order valence-corrected chi connectivity index (χ3v) is 1.31. The van der Waals surface area contributed by atoms with E-state index in [4.69, 9.17) is 14.2 Å². The molecule has 0 amide bonds. The predicted molar refractivity (Wildman–Crippen MR) is 62.1 cm³/mol. The second-order valence-electron chi connectivity index (χ2n) is 2.55. The van der Waals surface area contributed by atoms with E-state index in [1.807, 2.05) is 0 Å². The molecule has 0 atom stereocenters. The Kier molecular flexibility index (Phi) is 5.39. The monoisotopic (exact) mass is 243 g/mol.